The van der Waals surface area contributed by atoms with Crippen LogP contribution in [-0.4, -0.2) is 5.78 Å². The Hall–Kier alpha value is -1.51. The summed E-state index contributed by atoms with van der Waals surface area (Å²) in [5.74, 6) is -1.17. The number of ketones is 1. The minimum Gasteiger partial charge on any atom is -0.295 e. The Morgan fingerprint density at radius 2 is 1.81 bits per heavy atom. The fourth-order valence-corrected chi connectivity index (χ4v) is 1.92. The molecule has 0 atom stereocenters. The van der Waals surface area contributed by atoms with Crippen LogP contribution in [0.5, 0.6) is 0 Å². The van der Waals surface area contributed by atoms with E-state index in [9.17, 15) is 13.6 Å². The van der Waals surface area contributed by atoms with Crippen LogP contribution < -0.4 is 0 Å². The summed E-state index contributed by atoms with van der Waals surface area (Å²) in [4.78, 5) is 11.4. The number of rotatable bonds is 1. The Kier molecular flexibility index (Phi) is 3.13. The van der Waals surface area contributed by atoms with Gasteiger partial charge in [-0.15, -0.1) is 0 Å². The topological polar surface area (TPSA) is 17.1 Å². The summed E-state index contributed by atoms with van der Waals surface area (Å²) in [6.45, 7) is 0. The summed E-state index contributed by atoms with van der Waals surface area (Å²) in [7, 11) is 0. The van der Waals surface area contributed by atoms with Gasteiger partial charge in [-0.1, -0.05) is 0 Å². The largest absolute Gasteiger partial charge is 0.295 e. The molecule has 1 aromatic rings. The predicted molar refractivity (Wildman–Crippen MR) is 57.8 cm³/mol. The predicted octanol–water partition coefficient (Wildman–Crippen LogP) is 3.49. The normalized spacial score (nSPS) is 16.9. The van der Waals surface area contributed by atoms with E-state index in [4.69, 9.17) is 0 Å². The average molecular weight is 222 g/mol. The Morgan fingerprint density at radius 1 is 1.06 bits per heavy atom. The van der Waals surface area contributed by atoms with Crippen molar-refractivity contribution in [3.8, 4) is 0 Å². The van der Waals surface area contributed by atoms with Crippen LogP contribution in [0, 0.1) is 11.6 Å². The second kappa shape index (κ2) is 4.56. The first-order valence-corrected chi connectivity index (χ1v) is 5.35. The minimum atomic E-state index is -0.596. The number of benzene rings is 1. The maximum atomic E-state index is 13.5. The van der Waals surface area contributed by atoms with Gasteiger partial charge < -0.3 is 0 Å². The lowest BCUT2D eigenvalue weighted by Gasteiger charge is -2.06. The second-order valence-corrected chi connectivity index (χ2v) is 3.97. The maximum Gasteiger partial charge on any atom is 0.155 e. The van der Waals surface area contributed by atoms with E-state index in [-0.39, 0.29) is 5.78 Å². The maximum absolute atomic E-state index is 13.5. The molecule has 0 radical (unpaired) electrons. The fraction of sp³-hybridized carbons (Fsp3) is 0.308. The second-order valence-electron chi connectivity index (χ2n) is 3.97. The summed E-state index contributed by atoms with van der Waals surface area (Å²) in [6.07, 6.45) is 4.39. The molecule has 2 rings (SSSR count). The molecule has 1 nitrogen and oxygen atoms in total. The molecule has 0 unspecified atom stereocenters. The zero-order valence-corrected chi connectivity index (χ0v) is 8.80. The number of halogens is 2. The Bertz CT molecular complexity index is 449. The van der Waals surface area contributed by atoms with Crippen LogP contribution >= 0.6 is 0 Å². The molecule has 1 aromatic carbocycles. The summed E-state index contributed by atoms with van der Waals surface area (Å²) >= 11 is 0. The lowest BCUT2D eigenvalue weighted by molar-refractivity contribution is -0.114. The van der Waals surface area contributed by atoms with Crippen LogP contribution in [0.15, 0.2) is 24.3 Å². The molecule has 0 fully saturated rings. The summed E-state index contributed by atoms with van der Waals surface area (Å²) in [6, 6.07) is 3.47. The highest BCUT2D eigenvalue weighted by molar-refractivity contribution is 5.97. The highest BCUT2D eigenvalue weighted by atomic mass is 19.1. The van der Waals surface area contributed by atoms with Gasteiger partial charge in [-0.3, -0.25) is 4.79 Å². The van der Waals surface area contributed by atoms with Gasteiger partial charge in [0.15, 0.2) is 5.78 Å². The number of allylic oxidation sites excluding steroid dienone is 2. The SMILES string of the molecule is O=C1C=C(c2ccc(F)cc2F)CCCC1. The van der Waals surface area contributed by atoms with Crippen molar-refractivity contribution in [3.05, 3.63) is 41.5 Å². The molecule has 0 spiro atoms. The van der Waals surface area contributed by atoms with Crippen molar-refractivity contribution < 1.29 is 13.6 Å². The minimum absolute atomic E-state index is 0.0243. The van der Waals surface area contributed by atoms with Gasteiger partial charge >= 0.3 is 0 Å². The van der Waals surface area contributed by atoms with E-state index in [1.165, 1.54) is 18.2 Å². The highest BCUT2D eigenvalue weighted by Crippen LogP contribution is 2.26. The lowest BCUT2D eigenvalue weighted by atomic mass is 10.0. The van der Waals surface area contributed by atoms with E-state index in [1.807, 2.05) is 0 Å². The van der Waals surface area contributed by atoms with Gasteiger partial charge in [0.25, 0.3) is 0 Å². The van der Waals surface area contributed by atoms with Crippen LogP contribution in [-0.2, 0) is 4.79 Å². The monoisotopic (exact) mass is 222 g/mol. The molecule has 1 aliphatic carbocycles. The van der Waals surface area contributed by atoms with Gasteiger partial charge in [0, 0.05) is 18.1 Å². The zero-order valence-electron chi connectivity index (χ0n) is 8.80. The van der Waals surface area contributed by atoms with E-state index in [1.54, 1.807) is 0 Å². The molecule has 0 amide bonds. The standard InChI is InChI=1S/C13H12F2O/c14-10-5-6-12(13(15)8-10)9-3-1-2-4-11(16)7-9/h5-8H,1-4H2. The smallest absolute Gasteiger partial charge is 0.155 e. The summed E-state index contributed by atoms with van der Waals surface area (Å²) in [5.41, 5.74) is 1.02. The first-order chi connectivity index (χ1) is 7.66. The molecule has 0 aliphatic heterocycles. The van der Waals surface area contributed by atoms with Gasteiger partial charge in [-0.2, -0.15) is 0 Å². The first kappa shape index (κ1) is 11.0. The van der Waals surface area contributed by atoms with E-state index in [0.717, 1.165) is 18.9 Å². The molecule has 0 aromatic heterocycles. The Labute approximate surface area is 92.8 Å². The van der Waals surface area contributed by atoms with Crippen molar-refractivity contribution in [3.63, 3.8) is 0 Å². The fourth-order valence-electron chi connectivity index (χ4n) is 1.92. The summed E-state index contributed by atoms with van der Waals surface area (Å²) in [5, 5.41) is 0. The molecule has 3 heteroatoms. The number of carbonyl (C=O) groups is 1. The van der Waals surface area contributed by atoms with Crippen LogP contribution in [0.1, 0.15) is 31.2 Å². The number of carbonyl (C=O) groups excluding carboxylic acids is 1. The van der Waals surface area contributed by atoms with Crippen LogP contribution in [0.3, 0.4) is 0 Å². The third-order valence-electron chi connectivity index (χ3n) is 2.73. The van der Waals surface area contributed by atoms with Crippen LogP contribution in [0.4, 0.5) is 8.78 Å². The van der Waals surface area contributed by atoms with E-state index < -0.39 is 11.6 Å². The number of hydrogen-bond donors (Lipinski definition) is 0. The van der Waals surface area contributed by atoms with Crippen LogP contribution in [0.25, 0.3) is 5.57 Å². The van der Waals surface area contributed by atoms with Gasteiger partial charge in [0.05, 0.1) is 0 Å². The van der Waals surface area contributed by atoms with E-state index in [0.29, 0.717) is 24.0 Å². The molecule has 1 aliphatic rings. The molecule has 16 heavy (non-hydrogen) atoms. The molecule has 0 saturated heterocycles. The van der Waals surface area contributed by atoms with Crippen molar-refractivity contribution in [2.24, 2.45) is 0 Å². The van der Waals surface area contributed by atoms with Gasteiger partial charge in [-0.05, 0) is 43.0 Å². The van der Waals surface area contributed by atoms with Crippen molar-refractivity contribution in [1.82, 2.24) is 0 Å². The third kappa shape index (κ3) is 2.35. The third-order valence-corrected chi connectivity index (χ3v) is 2.73. The molecule has 0 heterocycles. The van der Waals surface area contributed by atoms with Crippen molar-refractivity contribution in [1.29, 1.82) is 0 Å². The quantitative estimate of drug-likeness (QED) is 0.710. The molecular weight excluding hydrogens is 210 g/mol. The molecule has 0 N–H and O–H groups in total. The molecular formula is C13H12F2O. The number of hydrogen-bond acceptors (Lipinski definition) is 1. The van der Waals surface area contributed by atoms with E-state index in [2.05, 4.69) is 0 Å². The average Bonchev–Trinajstić information content (AvgIpc) is 2.43. The Balaban J connectivity index is 2.38. The van der Waals surface area contributed by atoms with Crippen molar-refractivity contribution in [2.45, 2.75) is 25.7 Å². The van der Waals surface area contributed by atoms with Gasteiger partial charge in [0.1, 0.15) is 11.6 Å². The summed E-state index contributed by atoms with van der Waals surface area (Å²) < 4.78 is 26.2. The van der Waals surface area contributed by atoms with Gasteiger partial charge in [-0.25, -0.2) is 8.78 Å². The first-order valence-electron chi connectivity index (χ1n) is 5.35. The Morgan fingerprint density at radius 3 is 2.56 bits per heavy atom. The van der Waals surface area contributed by atoms with Crippen LogP contribution in [0.2, 0.25) is 0 Å². The van der Waals surface area contributed by atoms with Gasteiger partial charge in [0.2, 0.25) is 0 Å². The molecule has 84 valence electrons. The zero-order chi connectivity index (χ0) is 11.5. The van der Waals surface area contributed by atoms with Crippen molar-refractivity contribution >= 4 is 11.4 Å². The van der Waals surface area contributed by atoms with E-state index >= 15 is 0 Å². The van der Waals surface area contributed by atoms with Crippen molar-refractivity contribution in [2.75, 3.05) is 0 Å². The molecule has 0 saturated carbocycles. The highest BCUT2D eigenvalue weighted by Gasteiger charge is 2.13. The lowest BCUT2D eigenvalue weighted by Crippen LogP contribution is -1.93. The molecule has 0 bridgehead atoms.